The van der Waals surface area contributed by atoms with Crippen molar-refractivity contribution in [2.24, 2.45) is 0 Å². The quantitative estimate of drug-likeness (QED) is 0.239. The maximum Gasteiger partial charge on any atom is 0.244 e. The number of rotatable bonds is 12. The second-order valence-corrected chi connectivity index (χ2v) is 13.9. The van der Waals surface area contributed by atoms with Gasteiger partial charge in [0.05, 0.1) is 11.9 Å². The van der Waals surface area contributed by atoms with Gasteiger partial charge in [-0.15, -0.1) is 0 Å². The Balaban J connectivity index is 1.77. The minimum atomic E-state index is -3.98. The molecule has 1 aliphatic carbocycles. The average Bonchev–Trinajstić information content (AvgIpc) is 2.99. The first-order chi connectivity index (χ1) is 20.9. The first-order valence-corrected chi connectivity index (χ1v) is 17.2. The molecule has 11 heteroatoms. The lowest BCUT2D eigenvalue weighted by Crippen LogP contribution is -2.55. The average molecular weight is 659 g/mol. The summed E-state index contributed by atoms with van der Waals surface area (Å²) in [5, 5.41) is 3.79. The smallest absolute Gasteiger partial charge is 0.244 e. The van der Waals surface area contributed by atoms with Crippen molar-refractivity contribution in [2.45, 2.75) is 64.1 Å². The van der Waals surface area contributed by atoms with Crippen LogP contribution < -0.4 is 9.62 Å². The second kappa shape index (κ2) is 15.1. The second-order valence-electron chi connectivity index (χ2n) is 11.1. The fourth-order valence-electron chi connectivity index (χ4n) is 5.45. The lowest BCUT2D eigenvalue weighted by atomic mass is 9.94. The van der Waals surface area contributed by atoms with Crippen molar-refractivity contribution in [1.82, 2.24) is 10.2 Å². The van der Waals surface area contributed by atoms with Crippen molar-refractivity contribution in [3.63, 3.8) is 0 Å². The zero-order valence-electron chi connectivity index (χ0n) is 24.8. The number of carbonyl (C=O) groups is 3. The molecule has 1 N–H and O–H groups in total. The van der Waals surface area contributed by atoms with Gasteiger partial charge in [0.1, 0.15) is 12.6 Å². The fraction of sp³-hybridized carbons (Fsp3) is 0.364. The molecule has 44 heavy (non-hydrogen) atoms. The molecule has 1 atom stereocenters. The van der Waals surface area contributed by atoms with E-state index in [1.54, 1.807) is 30.3 Å². The van der Waals surface area contributed by atoms with Crippen molar-refractivity contribution in [2.75, 3.05) is 17.1 Å². The Labute approximate surface area is 269 Å². The van der Waals surface area contributed by atoms with Crippen LogP contribution in [0.5, 0.6) is 0 Å². The van der Waals surface area contributed by atoms with Crippen LogP contribution in [0, 0.1) is 0 Å². The van der Waals surface area contributed by atoms with Crippen molar-refractivity contribution in [3.05, 3.63) is 99.5 Å². The number of sulfonamides is 1. The SMILES string of the molecule is CC(=O)c1cccc(N(CC(=O)N(Cc2c(Cl)cccc2Cl)[C@@H](Cc2ccccc2)C(=O)NC2CCCCC2)S(C)(=O)=O)c1. The van der Waals surface area contributed by atoms with E-state index in [4.69, 9.17) is 23.2 Å². The molecule has 0 bridgehead atoms. The number of ketones is 1. The summed E-state index contributed by atoms with van der Waals surface area (Å²) in [7, 11) is -3.98. The third kappa shape index (κ3) is 8.83. The van der Waals surface area contributed by atoms with Gasteiger partial charge in [-0.1, -0.05) is 91.0 Å². The van der Waals surface area contributed by atoms with Crippen LogP contribution >= 0.6 is 23.2 Å². The molecule has 1 saturated carbocycles. The number of carbonyl (C=O) groups excluding carboxylic acids is 3. The van der Waals surface area contributed by atoms with Gasteiger partial charge in [-0.2, -0.15) is 0 Å². The summed E-state index contributed by atoms with van der Waals surface area (Å²) in [4.78, 5) is 41.8. The molecule has 3 aromatic carbocycles. The van der Waals surface area contributed by atoms with Crippen LogP contribution in [-0.2, 0) is 32.6 Å². The van der Waals surface area contributed by atoms with Gasteiger partial charge in [0.25, 0.3) is 0 Å². The highest BCUT2D eigenvalue weighted by Crippen LogP contribution is 2.28. The maximum atomic E-state index is 14.3. The molecule has 0 unspecified atom stereocenters. The number of nitrogens with one attached hydrogen (secondary N) is 1. The summed E-state index contributed by atoms with van der Waals surface area (Å²) in [6.45, 7) is 0.644. The molecule has 0 radical (unpaired) electrons. The lowest BCUT2D eigenvalue weighted by molar-refractivity contribution is -0.140. The van der Waals surface area contributed by atoms with Gasteiger partial charge < -0.3 is 10.2 Å². The molecule has 0 aromatic heterocycles. The summed E-state index contributed by atoms with van der Waals surface area (Å²) < 4.78 is 27.0. The van der Waals surface area contributed by atoms with Gasteiger partial charge in [0, 0.05) is 40.2 Å². The van der Waals surface area contributed by atoms with Crippen molar-refractivity contribution >= 4 is 56.5 Å². The number of amides is 2. The standard InChI is InChI=1S/C33H37Cl2N3O5S/c1-23(39)25-13-9-16-27(20-25)38(44(2,42)43)22-32(40)37(21-28-29(34)17-10-18-30(28)35)31(19-24-11-5-3-6-12-24)33(41)36-26-14-7-4-8-15-26/h3,5-6,9-13,16-18,20,26,31H,4,7-8,14-15,19,21-22H2,1-2H3,(H,36,41)/t31-/m0/s1. The Morgan fingerprint density at radius 3 is 2.16 bits per heavy atom. The fourth-order valence-corrected chi connectivity index (χ4v) is 6.80. The van der Waals surface area contributed by atoms with Crippen molar-refractivity contribution < 1.29 is 22.8 Å². The summed E-state index contributed by atoms with van der Waals surface area (Å²) >= 11 is 13.1. The monoisotopic (exact) mass is 657 g/mol. The van der Waals surface area contributed by atoms with Gasteiger partial charge in [-0.05, 0) is 49.6 Å². The van der Waals surface area contributed by atoms with Gasteiger partial charge >= 0.3 is 0 Å². The van der Waals surface area contributed by atoms with Crippen LogP contribution in [-0.4, -0.2) is 55.8 Å². The van der Waals surface area contributed by atoms with E-state index in [1.807, 2.05) is 30.3 Å². The van der Waals surface area contributed by atoms with Crippen LogP contribution in [0.4, 0.5) is 5.69 Å². The van der Waals surface area contributed by atoms with Crippen molar-refractivity contribution in [1.29, 1.82) is 0 Å². The van der Waals surface area contributed by atoms with Gasteiger partial charge in [0.15, 0.2) is 5.78 Å². The van der Waals surface area contributed by atoms with Crippen LogP contribution in [0.3, 0.4) is 0 Å². The predicted octanol–water partition coefficient (Wildman–Crippen LogP) is 6.05. The highest BCUT2D eigenvalue weighted by molar-refractivity contribution is 7.92. The van der Waals surface area contributed by atoms with E-state index in [0.29, 0.717) is 21.2 Å². The van der Waals surface area contributed by atoms with Crippen LogP contribution in [0.25, 0.3) is 0 Å². The molecule has 0 saturated heterocycles. The van der Waals surface area contributed by atoms with Gasteiger partial charge in [-0.25, -0.2) is 8.42 Å². The molecule has 0 heterocycles. The number of halogens is 2. The van der Waals surface area contributed by atoms with Gasteiger partial charge in [0.2, 0.25) is 21.8 Å². The first kappa shape index (κ1) is 33.5. The summed E-state index contributed by atoms with van der Waals surface area (Å²) in [6.07, 6.45) is 6.01. The molecular weight excluding hydrogens is 621 g/mol. The van der Waals surface area contributed by atoms with Crippen LogP contribution in [0.2, 0.25) is 10.0 Å². The minimum Gasteiger partial charge on any atom is -0.352 e. The molecule has 8 nitrogen and oxygen atoms in total. The third-order valence-corrected chi connectivity index (χ3v) is 9.68. The molecule has 3 aromatic rings. The molecule has 1 aliphatic rings. The van der Waals surface area contributed by atoms with E-state index >= 15 is 0 Å². The molecule has 234 valence electrons. The highest BCUT2D eigenvalue weighted by Gasteiger charge is 2.35. The summed E-state index contributed by atoms with van der Waals surface area (Å²) in [5.74, 6) is -1.20. The third-order valence-electron chi connectivity index (χ3n) is 7.83. The number of Topliss-reactive ketones (excluding diaryl/α,β-unsaturated/α-hetero) is 1. The molecule has 0 spiro atoms. The van der Waals surface area contributed by atoms with Crippen molar-refractivity contribution in [3.8, 4) is 0 Å². The Kier molecular flexibility index (Phi) is 11.5. The Bertz CT molecular complexity index is 1570. The molecule has 2 amide bonds. The Hall–Kier alpha value is -3.40. The Morgan fingerprint density at radius 1 is 0.909 bits per heavy atom. The van der Waals surface area contributed by atoms with E-state index in [-0.39, 0.29) is 36.4 Å². The highest BCUT2D eigenvalue weighted by atomic mass is 35.5. The molecular formula is C33H37Cl2N3O5S. The lowest BCUT2D eigenvalue weighted by Gasteiger charge is -2.35. The summed E-state index contributed by atoms with van der Waals surface area (Å²) in [6, 6.07) is 19.4. The number of hydrogen-bond acceptors (Lipinski definition) is 5. The maximum absolute atomic E-state index is 14.3. The minimum absolute atomic E-state index is 0.0165. The zero-order chi connectivity index (χ0) is 31.9. The van der Waals surface area contributed by atoms with E-state index in [2.05, 4.69) is 5.32 Å². The van der Waals surface area contributed by atoms with E-state index in [0.717, 1.165) is 48.2 Å². The molecule has 1 fully saturated rings. The largest absolute Gasteiger partial charge is 0.352 e. The van der Waals surface area contributed by atoms with E-state index in [1.165, 1.54) is 24.0 Å². The number of hydrogen-bond donors (Lipinski definition) is 1. The number of anilines is 1. The number of benzene rings is 3. The molecule has 4 rings (SSSR count). The Morgan fingerprint density at radius 2 is 1.55 bits per heavy atom. The predicted molar refractivity (Wildman–Crippen MR) is 175 cm³/mol. The van der Waals surface area contributed by atoms with Crippen LogP contribution in [0.1, 0.15) is 60.5 Å². The van der Waals surface area contributed by atoms with E-state index < -0.39 is 28.5 Å². The topological polar surface area (TPSA) is 104 Å². The number of nitrogens with zero attached hydrogens (tertiary/aromatic N) is 2. The first-order valence-electron chi connectivity index (χ1n) is 14.6. The van der Waals surface area contributed by atoms with Gasteiger partial charge in [-0.3, -0.25) is 18.7 Å². The van der Waals surface area contributed by atoms with Crippen LogP contribution in [0.15, 0.2) is 72.8 Å². The van der Waals surface area contributed by atoms with E-state index in [9.17, 15) is 22.8 Å². The zero-order valence-corrected chi connectivity index (χ0v) is 27.2. The normalized spacial score (nSPS) is 14.5. The summed E-state index contributed by atoms with van der Waals surface area (Å²) in [5.41, 5.74) is 1.73. The molecule has 0 aliphatic heterocycles.